The van der Waals surface area contributed by atoms with Crippen molar-refractivity contribution in [2.24, 2.45) is 40.7 Å². The van der Waals surface area contributed by atoms with Crippen LogP contribution in [0.3, 0.4) is 0 Å². The minimum Gasteiger partial charge on any atom is -0.429 e. The van der Waals surface area contributed by atoms with Crippen molar-refractivity contribution in [2.45, 2.75) is 239 Å². The van der Waals surface area contributed by atoms with E-state index in [1.165, 1.54) is 35.8 Å². The number of urea groups is 1. The van der Waals surface area contributed by atoms with Crippen LogP contribution in [0, 0.1) is 48.9 Å². The first-order chi connectivity index (χ1) is 53.3. The molecule has 13 amide bonds. The Hall–Kier alpha value is -9.08. The van der Waals surface area contributed by atoms with Crippen molar-refractivity contribution in [1.82, 2.24) is 51.2 Å². The topological polar surface area (TPSA) is 417 Å². The molecule has 4 fully saturated rings. The summed E-state index contributed by atoms with van der Waals surface area (Å²) in [7, 11) is 8.08. The van der Waals surface area contributed by atoms with E-state index in [4.69, 9.17) is 29.5 Å². The van der Waals surface area contributed by atoms with E-state index >= 15 is 4.79 Å². The molecule has 0 aromatic heterocycles. The highest BCUT2D eigenvalue weighted by Gasteiger charge is 2.50. The number of carbonyl (C=O) groups is 15. The van der Waals surface area contributed by atoms with Gasteiger partial charge >= 0.3 is 18.2 Å². The van der Waals surface area contributed by atoms with E-state index in [2.05, 4.69) is 31.9 Å². The Kier molecular flexibility index (Phi) is 35.7. The number of hydroxylamine groups is 2. The molecule has 32 nitrogen and oxygen atoms in total. The van der Waals surface area contributed by atoms with E-state index in [1.807, 2.05) is 67.5 Å². The maximum atomic E-state index is 15.1. The van der Waals surface area contributed by atoms with Crippen LogP contribution in [-0.2, 0) is 87.9 Å². The molecule has 1 saturated carbocycles. The molecule has 2 aromatic rings. The molecular formula is C80H120N12O20S. The number of amides is 13. The van der Waals surface area contributed by atoms with Gasteiger partial charge < -0.3 is 71.2 Å². The second-order valence-electron chi connectivity index (χ2n) is 31.7. The predicted octanol–water partition coefficient (Wildman–Crippen LogP) is 5.79. The van der Waals surface area contributed by atoms with Crippen molar-refractivity contribution >= 4 is 106 Å². The summed E-state index contributed by atoms with van der Waals surface area (Å²) >= 11 is 1.29. The molecule has 33 heteroatoms. The maximum absolute atomic E-state index is 15.1. The van der Waals surface area contributed by atoms with Crippen molar-refractivity contribution < 1.29 is 95.7 Å². The molecule has 626 valence electrons. The smallest absolute Gasteiger partial charge is 0.429 e. The van der Waals surface area contributed by atoms with Gasteiger partial charge in [-0.15, -0.1) is 16.8 Å². The molecule has 3 saturated heterocycles. The van der Waals surface area contributed by atoms with E-state index in [0.717, 1.165) is 11.1 Å². The molecule has 8 N–H and O–H groups in total. The summed E-state index contributed by atoms with van der Waals surface area (Å²) in [5.41, 5.74) is 7.76. The van der Waals surface area contributed by atoms with Gasteiger partial charge in [-0.2, -0.15) is 0 Å². The standard InChI is InChI=1S/C80H120N12O20S/c1-17-49(9)70(89(14)77(105)68(46(4)5)87-75(103)69(47(6)7)88(12)13)59(108-15)38-64(97)91-42-54(37-57(91)71(109-16)51(11)72(100)83-41-58(93)55-29-24-48(8)36-50(55)10)111-79(107)110-43-52-25-27-53(28-26-52)84-73(101)56(22-21-34-82-78(81)106)85-74(102)67(45(2)3)86-61(94)23-19-18-20-35-90-65(98)39-60(76(90)104)113-44-80(32-33-80)40-66(99)112-92-62(95)30-31-63(92)96/h24-29,36,45-47,49,51,54,56-57,59-60,67-71H,17-23,30-35,37-44H2,1-16H3,(H,83,100)(H,84,101)(H,85,102)(H,86,94)(H,87,103)(H3,81,82,106)/t49-,51+,54-,56?,57-,59+,60?,67-,68-,69-,70?,71+/m0/s1. The Bertz CT molecular complexity index is 3700. The van der Waals surface area contributed by atoms with Gasteiger partial charge in [0.05, 0.1) is 67.4 Å². The van der Waals surface area contributed by atoms with Crippen molar-refractivity contribution in [3.05, 3.63) is 64.7 Å². The van der Waals surface area contributed by atoms with E-state index < -0.39 is 137 Å². The number of nitrogens with one attached hydrogen (secondary N) is 6. The van der Waals surface area contributed by atoms with Gasteiger partial charge in [0.15, 0.2) is 5.78 Å². The molecule has 4 aliphatic rings. The van der Waals surface area contributed by atoms with Gasteiger partial charge in [0.1, 0.15) is 30.8 Å². The summed E-state index contributed by atoms with van der Waals surface area (Å²) in [6.07, 6.45) is -0.915. The van der Waals surface area contributed by atoms with Gasteiger partial charge in [-0.25, -0.2) is 14.4 Å². The number of nitrogens with zero attached hydrogens (tertiary/aromatic N) is 5. The summed E-state index contributed by atoms with van der Waals surface area (Å²) in [5.74, 6) is -7.83. The summed E-state index contributed by atoms with van der Waals surface area (Å²) < 4.78 is 23.7. The van der Waals surface area contributed by atoms with Crippen LogP contribution in [0.5, 0.6) is 0 Å². The van der Waals surface area contributed by atoms with Crippen LogP contribution in [0.15, 0.2) is 42.5 Å². The molecular weight excluding hydrogens is 1480 g/mol. The fourth-order valence-corrected chi connectivity index (χ4v) is 16.2. The minimum absolute atomic E-state index is 0.0000533. The first kappa shape index (κ1) is 92.8. The van der Waals surface area contributed by atoms with Crippen molar-refractivity contribution in [3.63, 3.8) is 0 Å². The molecule has 0 bridgehead atoms. The Balaban J connectivity index is 1.06. The zero-order chi connectivity index (χ0) is 83.9. The fraction of sp³-hybridized carbons (Fsp3) is 0.662. The van der Waals surface area contributed by atoms with Crippen LogP contribution in [0.1, 0.15) is 186 Å². The first-order valence-corrected chi connectivity index (χ1v) is 40.2. The molecule has 12 atom stereocenters. The average molecular weight is 1600 g/mol. The number of likely N-dealkylation sites (tertiary alicyclic amines) is 2. The average Bonchev–Trinajstić information content (AvgIpc) is 1.71. The summed E-state index contributed by atoms with van der Waals surface area (Å²) in [4.78, 5) is 212. The second-order valence-corrected chi connectivity index (χ2v) is 32.8. The number of hydrogen-bond acceptors (Lipinski definition) is 22. The third kappa shape index (κ3) is 26.8. The molecule has 3 unspecified atom stereocenters. The molecule has 1 aliphatic carbocycles. The van der Waals surface area contributed by atoms with Gasteiger partial charge in [0.25, 0.3) is 11.8 Å². The second kappa shape index (κ2) is 43.4. The number of primary amides is 1. The highest BCUT2D eigenvalue weighted by molar-refractivity contribution is 8.00. The zero-order valence-electron chi connectivity index (χ0n) is 68.4. The molecule has 2 aromatic carbocycles. The van der Waals surface area contributed by atoms with Crippen molar-refractivity contribution in [3.8, 4) is 0 Å². The number of benzene rings is 2. The summed E-state index contributed by atoms with van der Waals surface area (Å²) in [5, 5.41) is 16.4. The van der Waals surface area contributed by atoms with Crippen LogP contribution in [0.25, 0.3) is 0 Å². The van der Waals surface area contributed by atoms with Crippen molar-refractivity contribution in [1.29, 1.82) is 0 Å². The third-order valence-electron chi connectivity index (χ3n) is 21.5. The van der Waals surface area contributed by atoms with Crippen LogP contribution < -0.4 is 37.6 Å². The lowest BCUT2D eigenvalue weighted by Gasteiger charge is -2.41. The van der Waals surface area contributed by atoms with Crippen LogP contribution in [-0.4, -0.2) is 241 Å². The van der Waals surface area contributed by atoms with Gasteiger partial charge in [-0.3, -0.25) is 67.3 Å². The Morgan fingerprint density at radius 3 is 1.98 bits per heavy atom. The quantitative estimate of drug-likeness (QED) is 0.0178. The normalized spacial score (nSPS) is 19.0. The fourth-order valence-electron chi connectivity index (χ4n) is 14.8. The lowest BCUT2D eigenvalue weighted by Crippen LogP contribution is -2.59. The molecule has 3 aliphatic heterocycles. The highest BCUT2D eigenvalue weighted by atomic mass is 32.2. The van der Waals surface area contributed by atoms with Crippen LogP contribution in [0.2, 0.25) is 0 Å². The molecule has 6 rings (SSSR count). The Labute approximate surface area is 667 Å². The van der Waals surface area contributed by atoms with E-state index in [0.29, 0.717) is 60.5 Å². The van der Waals surface area contributed by atoms with E-state index in [-0.39, 0.29) is 143 Å². The monoisotopic (exact) mass is 1600 g/mol. The number of ether oxygens (including phenoxy) is 4. The number of Topliss-reactive ketones (excluding diaryl/α,β-unsaturated/α-hetero) is 1. The van der Waals surface area contributed by atoms with Gasteiger partial charge in [0, 0.05) is 83.5 Å². The number of hydrogen-bond donors (Lipinski definition) is 7. The minimum atomic E-state index is -1.18. The zero-order valence-corrected chi connectivity index (χ0v) is 69.3. The van der Waals surface area contributed by atoms with Crippen LogP contribution in [0.4, 0.5) is 15.3 Å². The number of rotatable bonds is 45. The Morgan fingerprint density at radius 2 is 1.40 bits per heavy atom. The number of nitrogens with two attached hydrogens (primary N) is 1. The summed E-state index contributed by atoms with van der Waals surface area (Å²) in [6.45, 7) is 19.7. The number of unbranched alkanes of at least 4 members (excludes halogenated alkanes) is 2. The molecule has 0 spiro atoms. The van der Waals surface area contributed by atoms with E-state index in [9.17, 15) is 67.1 Å². The number of aryl methyl sites for hydroxylation is 2. The summed E-state index contributed by atoms with van der Waals surface area (Å²) in [6, 6.07) is 5.58. The number of ketones is 1. The first-order valence-electron chi connectivity index (χ1n) is 39.2. The SMILES string of the molecule is CC[C@H](C)C([C@@H](CC(=O)N1C[C@@H](OC(=O)OCc2ccc(NC(=O)C(CCCNC(N)=O)NC(=O)[C@@H](NC(=O)CCCCCN3C(=O)CC(SCC4(CC(=O)ON5C(=O)CCC5=O)CC4)C3=O)C(C)C)cc2)C[C@H]1[C@H](OC)[C@@H](C)C(=O)NCC(=O)c1ccc(C)cc1C)OC)N(C)C(=O)[C@@H](NC(=O)[C@H](C(C)C)N(C)C)C(C)C. The largest absolute Gasteiger partial charge is 0.508 e. The van der Waals surface area contributed by atoms with Crippen LogP contribution >= 0.6 is 11.8 Å². The number of imide groups is 2. The number of likely N-dealkylation sites (N-methyl/N-ethyl adjacent to an activating group) is 2. The molecule has 0 radical (unpaired) electrons. The maximum Gasteiger partial charge on any atom is 0.508 e. The number of methoxy groups -OCH3 is 2. The van der Waals surface area contributed by atoms with Gasteiger partial charge in [0.2, 0.25) is 53.2 Å². The predicted molar refractivity (Wildman–Crippen MR) is 419 cm³/mol. The lowest BCUT2D eigenvalue weighted by atomic mass is 9.89. The third-order valence-corrected chi connectivity index (χ3v) is 23.1. The Morgan fingerprint density at radius 1 is 0.735 bits per heavy atom. The molecule has 3 heterocycles. The van der Waals surface area contributed by atoms with Crippen molar-refractivity contribution in [2.75, 3.05) is 72.6 Å². The number of carbonyl (C=O) groups excluding carboxylic acids is 15. The van der Waals surface area contributed by atoms with Gasteiger partial charge in [-0.05, 0) is 119 Å². The number of thioether (sulfide) groups is 1. The number of anilines is 1. The molecule has 113 heavy (non-hydrogen) atoms. The highest BCUT2D eigenvalue weighted by Crippen LogP contribution is 2.52. The van der Waals surface area contributed by atoms with E-state index in [1.54, 1.807) is 82.0 Å². The van der Waals surface area contributed by atoms with Gasteiger partial charge in [-0.1, -0.05) is 111 Å². The lowest BCUT2D eigenvalue weighted by molar-refractivity contribution is -0.198.